The molecule has 0 N–H and O–H groups in total. The van der Waals surface area contributed by atoms with Gasteiger partial charge < -0.3 is 9.26 Å². The molecule has 1 aromatic carbocycles. The van der Waals surface area contributed by atoms with E-state index in [2.05, 4.69) is 26.1 Å². The molecule has 2 rings (SSSR count). The molecule has 0 unspecified atom stereocenters. The number of hydrogen-bond acceptors (Lipinski definition) is 5. The first-order valence-corrected chi connectivity index (χ1v) is 6.43. The smallest absolute Gasteiger partial charge is 0.320 e. The van der Waals surface area contributed by atoms with Gasteiger partial charge in [-0.15, -0.1) is 0 Å². The predicted octanol–water partition coefficient (Wildman–Crippen LogP) is 2.95. The van der Waals surface area contributed by atoms with Crippen molar-refractivity contribution >= 4 is 21.9 Å². The van der Waals surface area contributed by atoms with Crippen LogP contribution in [0.2, 0.25) is 0 Å². The summed E-state index contributed by atoms with van der Waals surface area (Å²) in [6, 6.07) is 7.50. The number of rotatable bonds is 3. The van der Waals surface area contributed by atoms with E-state index in [4.69, 9.17) is 9.26 Å². The molecule has 0 spiro atoms. The van der Waals surface area contributed by atoms with E-state index in [1.807, 2.05) is 24.3 Å². The first-order valence-electron chi connectivity index (χ1n) is 5.63. The molecule has 2 aromatic rings. The van der Waals surface area contributed by atoms with E-state index in [9.17, 15) is 4.79 Å². The first-order chi connectivity index (χ1) is 8.95. The molecule has 19 heavy (non-hydrogen) atoms. The van der Waals surface area contributed by atoms with Gasteiger partial charge in [-0.25, -0.2) is 0 Å². The maximum absolute atomic E-state index is 11.7. The van der Waals surface area contributed by atoms with Crippen LogP contribution in [0.1, 0.15) is 19.7 Å². The van der Waals surface area contributed by atoms with Crippen molar-refractivity contribution in [2.24, 2.45) is 0 Å². The van der Waals surface area contributed by atoms with Crippen molar-refractivity contribution in [2.75, 3.05) is 7.11 Å². The minimum absolute atomic E-state index is 0.234. The Hall–Kier alpha value is -1.69. The zero-order chi connectivity index (χ0) is 14.0. The molecule has 0 radical (unpaired) electrons. The molecule has 0 aliphatic carbocycles. The van der Waals surface area contributed by atoms with E-state index in [1.165, 1.54) is 7.11 Å². The van der Waals surface area contributed by atoms with Gasteiger partial charge in [0.25, 0.3) is 0 Å². The average Bonchev–Trinajstić information content (AvgIpc) is 2.88. The van der Waals surface area contributed by atoms with Gasteiger partial charge in [-0.3, -0.25) is 4.79 Å². The molecule has 0 amide bonds. The Balaban J connectivity index is 2.34. The lowest BCUT2D eigenvalue weighted by Gasteiger charge is -2.15. The van der Waals surface area contributed by atoms with E-state index in [0.29, 0.717) is 5.82 Å². The predicted molar refractivity (Wildman–Crippen MR) is 72.5 cm³/mol. The molecule has 0 aliphatic rings. The number of methoxy groups -OCH3 is 1. The number of hydrogen-bond donors (Lipinski definition) is 0. The van der Waals surface area contributed by atoms with E-state index >= 15 is 0 Å². The van der Waals surface area contributed by atoms with E-state index in [-0.39, 0.29) is 5.89 Å². The third-order valence-electron chi connectivity index (χ3n) is 2.76. The number of aromatic nitrogens is 2. The summed E-state index contributed by atoms with van der Waals surface area (Å²) in [6.07, 6.45) is 0. The fourth-order valence-corrected chi connectivity index (χ4v) is 1.80. The summed E-state index contributed by atoms with van der Waals surface area (Å²) in [5.41, 5.74) is -0.145. The van der Waals surface area contributed by atoms with Crippen LogP contribution < -0.4 is 0 Å². The zero-order valence-corrected chi connectivity index (χ0v) is 12.4. The second-order valence-corrected chi connectivity index (χ2v) is 5.46. The summed E-state index contributed by atoms with van der Waals surface area (Å²) >= 11 is 3.36. The molecular weight excluding hydrogens is 312 g/mol. The van der Waals surface area contributed by atoms with Crippen LogP contribution in [-0.2, 0) is 14.9 Å². The summed E-state index contributed by atoms with van der Waals surface area (Å²) in [5.74, 6) is 0.259. The van der Waals surface area contributed by atoms with E-state index < -0.39 is 11.4 Å². The summed E-state index contributed by atoms with van der Waals surface area (Å²) < 4.78 is 10.9. The molecule has 0 fully saturated rings. The van der Waals surface area contributed by atoms with Crippen molar-refractivity contribution < 1.29 is 14.1 Å². The Morgan fingerprint density at radius 3 is 2.53 bits per heavy atom. The molecular formula is C13H13BrN2O3. The quantitative estimate of drug-likeness (QED) is 0.812. The molecule has 100 valence electrons. The van der Waals surface area contributed by atoms with Crippen molar-refractivity contribution in [1.29, 1.82) is 0 Å². The number of benzene rings is 1. The van der Waals surface area contributed by atoms with Crippen LogP contribution in [0.5, 0.6) is 0 Å². The minimum Gasteiger partial charge on any atom is -0.468 e. The van der Waals surface area contributed by atoms with Crippen LogP contribution >= 0.6 is 15.9 Å². The number of carbonyl (C=O) groups excluding carboxylic acids is 1. The number of ether oxygens (including phenoxy) is 1. The normalized spacial score (nSPS) is 11.4. The second kappa shape index (κ2) is 5.13. The lowest BCUT2D eigenvalue weighted by atomic mass is 9.94. The summed E-state index contributed by atoms with van der Waals surface area (Å²) in [5, 5.41) is 3.89. The van der Waals surface area contributed by atoms with Gasteiger partial charge in [-0.05, 0) is 38.1 Å². The Kier molecular flexibility index (Phi) is 3.71. The molecule has 0 atom stereocenters. The fraction of sp³-hybridized carbons (Fsp3) is 0.308. The lowest BCUT2D eigenvalue weighted by Crippen LogP contribution is -2.30. The largest absolute Gasteiger partial charge is 0.468 e. The van der Waals surface area contributed by atoms with Gasteiger partial charge in [-0.1, -0.05) is 21.1 Å². The molecule has 0 saturated carbocycles. The fourth-order valence-electron chi connectivity index (χ4n) is 1.54. The molecule has 1 heterocycles. The highest BCUT2D eigenvalue weighted by Crippen LogP contribution is 2.26. The Labute approximate surface area is 119 Å². The lowest BCUT2D eigenvalue weighted by molar-refractivity contribution is -0.147. The molecule has 5 nitrogen and oxygen atoms in total. The summed E-state index contributed by atoms with van der Waals surface area (Å²) in [6.45, 7) is 3.36. The zero-order valence-electron chi connectivity index (χ0n) is 10.8. The van der Waals surface area contributed by atoms with E-state index in [0.717, 1.165) is 10.0 Å². The van der Waals surface area contributed by atoms with Crippen molar-refractivity contribution in [2.45, 2.75) is 19.3 Å². The highest BCUT2D eigenvalue weighted by molar-refractivity contribution is 9.10. The monoisotopic (exact) mass is 324 g/mol. The van der Waals surface area contributed by atoms with Gasteiger partial charge in [0.05, 0.1) is 7.11 Å². The topological polar surface area (TPSA) is 65.2 Å². The van der Waals surface area contributed by atoms with Gasteiger partial charge in [0.2, 0.25) is 11.7 Å². The summed E-state index contributed by atoms with van der Waals surface area (Å²) in [7, 11) is 1.33. The highest BCUT2D eigenvalue weighted by Gasteiger charge is 2.37. The number of nitrogens with zero attached hydrogens (tertiary/aromatic N) is 2. The maximum atomic E-state index is 11.7. The number of esters is 1. The van der Waals surface area contributed by atoms with Gasteiger partial charge in [0.1, 0.15) is 5.41 Å². The Morgan fingerprint density at radius 1 is 1.32 bits per heavy atom. The van der Waals surface area contributed by atoms with Crippen molar-refractivity contribution in [3.63, 3.8) is 0 Å². The van der Waals surface area contributed by atoms with Crippen LogP contribution in [-0.4, -0.2) is 23.2 Å². The van der Waals surface area contributed by atoms with Crippen LogP contribution in [0.3, 0.4) is 0 Å². The third-order valence-corrected chi connectivity index (χ3v) is 3.29. The maximum Gasteiger partial charge on any atom is 0.320 e. The number of carbonyl (C=O) groups is 1. The molecule has 0 aliphatic heterocycles. The molecule has 6 heteroatoms. The van der Waals surface area contributed by atoms with Gasteiger partial charge in [-0.2, -0.15) is 4.98 Å². The van der Waals surface area contributed by atoms with Crippen LogP contribution in [0.15, 0.2) is 33.3 Å². The SMILES string of the molecule is COC(=O)C(C)(C)c1nc(-c2ccc(Br)cc2)no1. The first kappa shape index (κ1) is 13.7. The van der Waals surface area contributed by atoms with Crippen molar-refractivity contribution in [3.05, 3.63) is 34.6 Å². The molecule has 0 saturated heterocycles. The van der Waals surface area contributed by atoms with Crippen LogP contribution in [0, 0.1) is 0 Å². The van der Waals surface area contributed by atoms with Gasteiger partial charge in [0, 0.05) is 10.0 Å². The van der Waals surface area contributed by atoms with Crippen molar-refractivity contribution in [3.8, 4) is 11.4 Å². The van der Waals surface area contributed by atoms with E-state index in [1.54, 1.807) is 13.8 Å². The molecule has 1 aromatic heterocycles. The number of halogens is 1. The minimum atomic E-state index is -0.963. The molecule has 0 bridgehead atoms. The van der Waals surface area contributed by atoms with Gasteiger partial charge >= 0.3 is 5.97 Å². The third kappa shape index (κ3) is 2.68. The standard InChI is InChI=1S/C13H13BrN2O3/c1-13(2,12(17)18-3)11-15-10(16-19-11)8-4-6-9(14)7-5-8/h4-7H,1-3H3. The summed E-state index contributed by atoms with van der Waals surface area (Å²) in [4.78, 5) is 15.9. The van der Waals surface area contributed by atoms with Crippen LogP contribution in [0.4, 0.5) is 0 Å². The average molecular weight is 325 g/mol. The Morgan fingerprint density at radius 2 is 1.95 bits per heavy atom. The van der Waals surface area contributed by atoms with Crippen LogP contribution in [0.25, 0.3) is 11.4 Å². The Bertz CT molecular complexity index is 590. The van der Waals surface area contributed by atoms with Crippen molar-refractivity contribution in [1.82, 2.24) is 10.1 Å². The highest BCUT2D eigenvalue weighted by atomic mass is 79.9. The van der Waals surface area contributed by atoms with Gasteiger partial charge in [0.15, 0.2) is 0 Å². The second-order valence-electron chi connectivity index (χ2n) is 4.55.